The molecule has 0 spiro atoms. The van der Waals surface area contributed by atoms with E-state index in [-0.39, 0.29) is 5.69 Å². The molecule has 6 heteroatoms. The highest BCUT2D eigenvalue weighted by molar-refractivity contribution is 8.00. The van der Waals surface area contributed by atoms with Crippen molar-refractivity contribution in [2.75, 3.05) is 4.72 Å². The largest absolute Gasteiger partial charge is 0.325 e. The highest BCUT2D eigenvalue weighted by Crippen LogP contribution is 2.40. The Morgan fingerprint density at radius 2 is 1.35 bits per heavy atom. The van der Waals surface area contributed by atoms with Gasteiger partial charge in [0.15, 0.2) is 0 Å². The Morgan fingerprint density at radius 3 is 1.87 bits per heavy atom. The first kappa shape index (κ1) is 20.4. The maximum Gasteiger partial charge on any atom is 0.270 e. The van der Waals surface area contributed by atoms with Crippen LogP contribution in [0.1, 0.15) is 10.4 Å². The lowest BCUT2D eigenvalue weighted by Crippen LogP contribution is -1.97. The molecule has 0 aliphatic carbocycles. The van der Waals surface area contributed by atoms with E-state index in [0.29, 0.717) is 10.5 Å². The summed E-state index contributed by atoms with van der Waals surface area (Å²) in [7, 11) is 0. The van der Waals surface area contributed by atoms with Gasteiger partial charge in [-0.3, -0.25) is 14.9 Å². The van der Waals surface area contributed by atoms with Gasteiger partial charge in [0.2, 0.25) is 0 Å². The highest BCUT2D eigenvalue weighted by Gasteiger charge is 2.15. The molecular formula is C25H18N2O3S. The zero-order chi connectivity index (χ0) is 21.6. The van der Waals surface area contributed by atoms with E-state index < -0.39 is 4.92 Å². The number of carbonyl (C=O) groups excluding carboxylic acids is 1. The molecule has 4 rings (SSSR count). The Hall–Kier alpha value is -3.90. The van der Waals surface area contributed by atoms with Gasteiger partial charge in [0.25, 0.3) is 5.69 Å². The Morgan fingerprint density at radius 1 is 0.774 bits per heavy atom. The lowest BCUT2D eigenvalue weighted by Gasteiger charge is -2.18. The molecule has 0 amide bonds. The molecule has 152 valence electrons. The normalized spacial score (nSPS) is 10.5. The van der Waals surface area contributed by atoms with Crippen molar-refractivity contribution >= 4 is 29.6 Å². The summed E-state index contributed by atoms with van der Waals surface area (Å²) in [5.41, 5.74) is 5.12. The second kappa shape index (κ2) is 9.28. The SMILES string of the molecule is O=Cc1cc(-c2ccccc2)c(NSc2cccc([N+](=O)[O-])c2)c(-c2ccccc2)c1. The van der Waals surface area contributed by atoms with Crippen LogP contribution in [0.2, 0.25) is 0 Å². The fraction of sp³-hybridized carbons (Fsp3) is 0. The number of carbonyl (C=O) groups is 1. The summed E-state index contributed by atoms with van der Waals surface area (Å²) in [5.74, 6) is 0. The van der Waals surface area contributed by atoms with Gasteiger partial charge in [-0.2, -0.15) is 0 Å². The van der Waals surface area contributed by atoms with Crippen LogP contribution in [-0.2, 0) is 0 Å². The fourth-order valence-electron chi connectivity index (χ4n) is 3.30. The van der Waals surface area contributed by atoms with Gasteiger partial charge in [-0.05, 0) is 41.3 Å². The molecule has 31 heavy (non-hydrogen) atoms. The number of hydrogen-bond acceptors (Lipinski definition) is 5. The van der Waals surface area contributed by atoms with Gasteiger partial charge >= 0.3 is 0 Å². The molecule has 0 unspecified atom stereocenters. The van der Waals surface area contributed by atoms with Gasteiger partial charge in [-0.1, -0.05) is 66.7 Å². The molecule has 4 aromatic carbocycles. The molecule has 0 aromatic heterocycles. The summed E-state index contributed by atoms with van der Waals surface area (Å²) in [6.45, 7) is 0. The third-order valence-electron chi connectivity index (χ3n) is 4.77. The minimum Gasteiger partial charge on any atom is -0.325 e. The van der Waals surface area contributed by atoms with Crippen LogP contribution in [0.5, 0.6) is 0 Å². The molecule has 0 radical (unpaired) electrons. The number of nitrogens with zero attached hydrogens (tertiary/aromatic N) is 1. The van der Waals surface area contributed by atoms with E-state index in [1.165, 1.54) is 24.1 Å². The summed E-state index contributed by atoms with van der Waals surface area (Å²) in [4.78, 5) is 23.1. The fourth-order valence-corrected chi connectivity index (χ4v) is 4.07. The van der Waals surface area contributed by atoms with Crippen LogP contribution in [0.3, 0.4) is 0 Å². The smallest absolute Gasteiger partial charge is 0.270 e. The quantitative estimate of drug-likeness (QED) is 0.151. The second-order valence-electron chi connectivity index (χ2n) is 6.80. The maximum atomic E-state index is 11.7. The van der Waals surface area contributed by atoms with Crippen molar-refractivity contribution in [1.82, 2.24) is 0 Å². The number of nitro benzene ring substituents is 1. The number of benzene rings is 4. The molecule has 0 aliphatic heterocycles. The van der Waals surface area contributed by atoms with Crippen molar-refractivity contribution in [3.63, 3.8) is 0 Å². The lowest BCUT2D eigenvalue weighted by molar-refractivity contribution is -0.385. The third kappa shape index (κ3) is 4.65. The van der Waals surface area contributed by atoms with E-state index in [9.17, 15) is 14.9 Å². The number of hydrogen-bond donors (Lipinski definition) is 1. The van der Waals surface area contributed by atoms with E-state index in [4.69, 9.17) is 0 Å². The van der Waals surface area contributed by atoms with Crippen LogP contribution >= 0.6 is 11.9 Å². The first-order chi connectivity index (χ1) is 15.2. The van der Waals surface area contributed by atoms with Crippen molar-refractivity contribution < 1.29 is 9.72 Å². The lowest BCUT2D eigenvalue weighted by atomic mass is 9.94. The van der Waals surface area contributed by atoms with Gasteiger partial charge in [0.1, 0.15) is 6.29 Å². The number of non-ortho nitro benzene ring substituents is 1. The standard InChI is InChI=1S/C25H18N2O3S/c28-17-18-14-23(19-8-3-1-4-9-19)25(24(15-18)20-10-5-2-6-11-20)26-31-22-13-7-12-21(16-22)27(29)30/h1-17,26H. The second-order valence-corrected chi connectivity index (χ2v) is 7.68. The minimum absolute atomic E-state index is 0.0367. The van der Waals surface area contributed by atoms with E-state index in [1.807, 2.05) is 78.9 Å². The van der Waals surface area contributed by atoms with E-state index >= 15 is 0 Å². The average molecular weight is 426 g/mol. The summed E-state index contributed by atoms with van der Waals surface area (Å²) in [5, 5.41) is 11.1. The molecule has 0 atom stereocenters. The molecule has 0 fully saturated rings. The van der Waals surface area contributed by atoms with Gasteiger partial charge < -0.3 is 4.72 Å². The van der Waals surface area contributed by atoms with Crippen LogP contribution in [0.25, 0.3) is 22.3 Å². The molecule has 0 saturated carbocycles. The van der Waals surface area contributed by atoms with Crippen LogP contribution in [0.15, 0.2) is 102 Å². The average Bonchev–Trinajstić information content (AvgIpc) is 2.83. The molecule has 0 saturated heterocycles. The zero-order valence-corrected chi connectivity index (χ0v) is 17.2. The summed E-state index contributed by atoms with van der Waals surface area (Å²) < 4.78 is 3.39. The minimum atomic E-state index is -0.409. The Labute approximate surface area is 184 Å². The van der Waals surface area contributed by atoms with Crippen LogP contribution in [-0.4, -0.2) is 11.2 Å². The van der Waals surface area contributed by atoms with Crippen molar-refractivity contribution in [3.8, 4) is 22.3 Å². The Bertz CT molecular complexity index is 1170. The van der Waals surface area contributed by atoms with Crippen LogP contribution in [0.4, 0.5) is 11.4 Å². The van der Waals surface area contributed by atoms with Gasteiger partial charge in [-0.15, -0.1) is 0 Å². The molecule has 0 heterocycles. The number of anilines is 1. The van der Waals surface area contributed by atoms with Crippen LogP contribution < -0.4 is 4.72 Å². The number of aldehydes is 1. The summed E-state index contributed by atoms with van der Waals surface area (Å²) in [6.07, 6.45) is 0.844. The van der Waals surface area contributed by atoms with Crippen molar-refractivity contribution in [2.24, 2.45) is 0 Å². The zero-order valence-electron chi connectivity index (χ0n) is 16.4. The number of nitrogens with one attached hydrogen (secondary N) is 1. The van der Waals surface area contributed by atoms with E-state index in [2.05, 4.69) is 4.72 Å². The first-order valence-electron chi connectivity index (χ1n) is 9.57. The Kier molecular flexibility index (Phi) is 6.10. The van der Waals surface area contributed by atoms with Crippen LogP contribution in [0, 0.1) is 10.1 Å². The van der Waals surface area contributed by atoms with Crippen molar-refractivity contribution in [2.45, 2.75) is 4.90 Å². The van der Waals surface area contributed by atoms with Gasteiger partial charge in [-0.25, -0.2) is 0 Å². The Balaban J connectivity index is 1.83. The monoisotopic (exact) mass is 426 g/mol. The van der Waals surface area contributed by atoms with Gasteiger partial charge in [0, 0.05) is 33.7 Å². The third-order valence-corrected chi connectivity index (χ3v) is 5.56. The molecule has 0 bridgehead atoms. The van der Waals surface area contributed by atoms with E-state index in [1.54, 1.807) is 6.07 Å². The van der Waals surface area contributed by atoms with Gasteiger partial charge in [0.05, 0.1) is 10.6 Å². The summed E-state index contributed by atoms with van der Waals surface area (Å²) in [6, 6.07) is 29.8. The predicted octanol–water partition coefficient (Wildman–Crippen LogP) is 6.86. The van der Waals surface area contributed by atoms with Crippen molar-refractivity contribution in [3.05, 3.63) is 113 Å². The topological polar surface area (TPSA) is 72.2 Å². The molecular weight excluding hydrogens is 408 g/mol. The van der Waals surface area contributed by atoms with E-state index in [0.717, 1.165) is 34.2 Å². The van der Waals surface area contributed by atoms with Crippen molar-refractivity contribution in [1.29, 1.82) is 0 Å². The molecule has 4 aromatic rings. The molecule has 1 N–H and O–H groups in total. The highest BCUT2D eigenvalue weighted by atomic mass is 32.2. The maximum absolute atomic E-state index is 11.7. The number of nitro groups is 1. The molecule has 0 aliphatic rings. The number of rotatable bonds is 7. The first-order valence-corrected chi connectivity index (χ1v) is 10.4. The molecule has 5 nitrogen and oxygen atoms in total. The summed E-state index contributed by atoms with van der Waals surface area (Å²) >= 11 is 1.29. The predicted molar refractivity (Wildman–Crippen MR) is 125 cm³/mol.